The fourth-order valence-electron chi connectivity index (χ4n) is 1.98. The van der Waals surface area contributed by atoms with Crippen molar-refractivity contribution < 1.29 is 14.6 Å². The van der Waals surface area contributed by atoms with Crippen LogP contribution in [0.4, 0.5) is 0 Å². The standard InChI is InChI=1S/C15H17ClN4O3/c1-4-23-12-7-10(5-6-11(12)21)8-17-18-15(22)14-13(16)9(2)19-20(14)3/h5-8,21H,4H2,1-3H3,(H,18,22)/b17-8+. The second kappa shape index (κ2) is 7.15. The Morgan fingerprint density at radius 2 is 2.30 bits per heavy atom. The first-order valence-electron chi connectivity index (χ1n) is 6.92. The Bertz CT molecular complexity index is 755. The first-order chi connectivity index (χ1) is 10.9. The molecule has 2 aromatic rings. The van der Waals surface area contributed by atoms with Gasteiger partial charge in [0.1, 0.15) is 5.69 Å². The van der Waals surface area contributed by atoms with E-state index in [2.05, 4.69) is 15.6 Å². The third-order valence-electron chi connectivity index (χ3n) is 3.03. The maximum atomic E-state index is 12.1. The minimum atomic E-state index is -0.460. The van der Waals surface area contributed by atoms with E-state index in [0.717, 1.165) is 0 Å². The third-order valence-corrected chi connectivity index (χ3v) is 3.48. The number of carbonyl (C=O) groups excluding carboxylic acids is 1. The van der Waals surface area contributed by atoms with Crippen molar-refractivity contribution in [1.82, 2.24) is 15.2 Å². The van der Waals surface area contributed by atoms with E-state index in [-0.39, 0.29) is 11.4 Å². The summed E-state index contributed by atoms with van der Waals surface area (Å²) in [5.74, 6) is -0.0589. The van der Waals surface area contributed by atoms with Crippen LogP contribution in [0, 0.1) is 6.92 Å². The van der Waals surface area contributed by atoms with Crippen LogP contribution in [-0.4, -0.2) is 33.6 Å². The average Bonchev–Trinajstić information content (AvgIpc) is 2.75. The van der Waals surface area contributed by atoms with Gasteiger partial charge in [-0.05, 0) is 37.6 Å². The molecule has 1 amide bonds. The number of aromatic nitrogens is 2. The highest BCUT2D eigenvalue weighted by Gasteiger charge is 2.18. The molecule has 2 rings (SSSR count). The number of hydrogen-bond donors (Lipinski definition) is 2. The number of hydrazone groups is 1. The van der Waals surface area contributed by atoms with E-state index >= 15 is 0 Å². The van der Waals surface area contributed by atoms with E-state index in [0.29, 0.717) is 28.6 Å². The molecule has 0 aliphatic carbocycles. The SMILES string of the molecule is CCOc1cc(/C=N/NC(=O)c2c(Cl)c(C)nn2C)ccc1O. The fraction of sp³-hybridized carbons (Fsp3) is 0.267. The number of nitrogens with one attached hydrogen (secondary N) is 1. The first-order valence-corrected chi connectivity index (χ1v) is 7.30. The Balaban J connectivity index is 2.09. The molecule has 1 aromatic heterocycles. The number of carbonyl (C=O) groups is 1. The number of aryl methyl sites for hydroxylation is 2. The average molecular weight is 337 g/mol. The van der Waals surface area contributed by atoms with Gasteiger partial charge in [0.15, 0.2) is 11.5 Å². The van der Waals surface area contributed by atoms with Gasteiger partial charge < -0.3 is 9.84 Å². The van der Waals surface area contributed by atoms with Crippen molar-refractivity contribution >= 4 is 23.7 Å². The number of amides is 1. The molecule has 2 N–H and O–H groups in total. The fourth-order valence-corrected chi connectivity index (χ4v) is 2.23. The molecule has 0 bridgehead atoms. The lowest BCUT2D eigenvalue weighted by atomic mass is 10.2. The molecule has 8 heteroatoms. The van der Waals surface area contributed by atoms with Crippen LogP contribution in [0.2, 0.25) is 5.02 Å². The molecule has 122 valence electrons. The molecule has 0 fully saturated rings. The zero-order valence-electron chi connectivity index (χ0n) is 13.0. The monoisotopic (exact) mass is 336 g/mol. The number of ether oxygens (including phenoxy) is 1. The lowest BCUT2D eigenvalue weighted by Crippen LogP contribution is -2.21. The summed E-state index contributed by atoms with van der Waals surface area (Å²) < 4.78 is 6.68. The van der Waals surface area contributed by atoms with Crippen molar-refractivity contribution in [3.8, 4) is 11.5 Å². The Morgan fingerprint density at radius 1 is 1.57 bits per heavy atom. The van der Waals surface area contributed by atoms with Gasteiger partial charge in [0, 0.05) is 7.05 Å². The van der Waals surface area contributed by atoms with E-state index in [1.54, 1.807) is 26.1 Å². The largest absolute Gasteiger partial charge is 0.504 e. The van der Waals surface area contributed by atoms with Crippen LogP contribution in [0.1, 0.15) is 28.7 Å². The molecule has 0 aliphatic rings. The second-order valence-electron chi connectivity index (χ2n) is 4.73. The Labute approximate surface area is 138 Å². The van der Waals surface area contributed by atoms with E-state index < -0.39 is 5.91 Å². The van der Waals surface area contributed by atoms with Crippen LogP contribution in [0.5, 0.6) is 11.5 Å². The molecule has 0 atom stereocenters. The first kappa shape index (κ1) is 16.8. The summed E-state index contributed by atoms with van der Waals surface area (Å²) >= 11 is 6.04. The van der Waals surface area contributed by atoms with Gasteiger partial charge in [-0.3, -0.25) is 9.48 Å². The summed E-state index contributed by atoms with van der Waals surface area (Å²) in [6, 6.07) is 4.76. The molecular weight excluding hydrogens is 320 g/mol. The molecule has 1 heterocycles. The summed E-state index contributed by atoms with van der Waals surface area (Å²) in [5, 5.41) is 17.9. The molecule has 0 aliphatic heterocycles. The third kappa shape index (κ3) is 3.81. The quantitative estimate of drug-likeness (QED) is 0.647. The summed E-state index contributed by atoms with van der Waals surface area (Å²) in [6.07, 6.45) is 1.44. The lowest BCUT2D eigenvalue weighted by Gasteiger charge is -2.06. The van der Waals surface area contributed by atoms with Gasteiger partial charge in [0.05, 0.1) is 23.5 Å². The van der Waals surface area contributed by atoms with Gasteiger partial charge in [-0.2, -0.15) is 10.2 Å². The molecule has 1 aromatic carbocycles. The van der Waals surface area contributed by atoms with E-state index in [4.69, 9.17) is 16.3 Å². The van der Waals surface area contributed by atoms with Gasteiger partial charge in [-0.15, -0.1) is 0 Å². The number of phenols is 1. The van der Waals surface area contributed by atoms with Crippen LogP contribution in [0.3, 0.4) is 0 Å². The van der Waals surface area contributed by atoms with Gasteiger partial charge in [0.2, 0.25) is 0 Å². The van der Waals surface area contributed by atoms with Crippen molar-refractivity contribution in [3.63, 3.8) is 0 Å². The van der Waals surface area contributed by atoms with Crippen LogP contribution < -0.4 is 10.2 Å². The number of phenolic OH excluding ortho intramolecular Hbond substituents is 1. The summed E-state index contributed by atoms with van der Waals surface area (Å²) in [6.45, 7) is 3.97. The minimum Gasteiger partial charge on any atom is -0.504 e. The van der Waals surface area contributed by atoms with Gasteiger partial charge >= 0.3 is 0 Å². The van der Waals surface area contributed by atoms with Crippen molar-refractivity contribution in [1.29, 1.82) is 0 Å². The molecule has 0 saturated heterocycles. The van der Waals surface area contributed by atoms with Crippen LogP contribution in [0.15, 0.2) is 23.3 Å². The zero-order valence-corrected chi connectivity index (χ0v) is 13.8. The molecule has 0 radical (unpaired) electrons. The molecule has 0 unspecified atom stereocenters. The number of halogens is 1. The summed E-state index contributed by atoms with van der Waals surface area (Å²) in [7, 11) is 1.63. The Kier molecular flexibility index (Phi) is 5.23. The van der Waals surface area contributed by atoms with Gasteiger partial charge in [-0.25, -0.2) is 5.43 Å². The molecular formula is C15H17ClN4O3. The normalized spacial score (nSPS) is 11.0. The number of nitrogens with zero attached hydrogens (tertiary/aromatic N) is 3. The van der Waals surface area contributed by atoms with E-state index in [1.165, 1.54) is 17.0 Å². The predicted octanol–water partition coefficient (Wildman–Crippen LogP) is 2.25. The number of benzene rings is 1. The highest BCUT2D eigenvalue weighted by Crippen LogP contribution is 2.26. The van der Waals surface area contributed by atoms with Crippen LogP contribution in [-0.2, 0) is 7.05 Å². The highest BCUT2D eigenvalue weighted by molar-refractivity contribution is 6.34. The van der Waals surface area contributed by atoms with Crippen molar-refractivity contribution in [2.75, 3.05) is 6.61 Å². The number of rotatable bonds is 5. The molecule has 0 saturated carbocycles. The Hall–Kier alpha value is -2.54. The predicted molar refractivity (Wildman–Crippen MR) is 87.3 cm³/mol. The topological polar surface area (TPSA) is 88.7 Å². The zero-order chi connectivity index (χ0) is 17.0. The van der Waals surface area contributed by atoms with Gasteiger partial charge in [-0.1, -0.05) is 11.6 Å². The van der Waals surface area contributed by atoms with Crippen LogP contribution >= 0.6 is 11.6 Å². The minimum absolute atomic E-state index is 0.0465. The maximum absolute atomic E-state index is 12.1. The van der Waals surface area contributed by atoms with E-state index in [9.17, 15) is 9.90 Å². The highest BCUT2D eigenvalue weighted by atomic mass is 35.5. The smallest absolute Gasteiger partial charge is 0.291 e. The molecule has 0 spiro atoms. The molecule has 7 nitrogen and oxygen atoms in total. The van der Waals surface area contributed by atoms with Crippen molar-refractivity contribution in [2.24, 2.45) is 12.1 Å². The summed E-state index contributed by atoms with van der Waals surface area (Å²) in [5.41, 5.74) is 3.87. The van der Waals surface area contributed by atoms with Crippen molar-refractivity contribution in [3.05, 3.63) is 40.2 Å². The number of aromatic hydroxyl groups is 1. The number of hydrogen-bond acceptors (Lipinski definition) is 5. The lowest BCUT2D eigenvalue weighted by molar-refractivity contribution is 0.0946. The van der Waals surface area contributed by atoms with Crippen LogP contribution in [0.25, 0.3) is 0 Å². The second-order valence-corrected chi connectivity index (χ2v) is 5.11. The molecule has 23 heavy (non-hydrogen) atoms. The Morgan fingerprint density at radius 3 is 2.91 bits per heavy atom. The van der Waals surface area contributed by atoms with E-state index in [1.807, 2.05) is 6.92 Å². The van der Waals surface area contributed by atoms with Crippen molar-refractivity contribution in [2.45, 2.75) is 13.8 Å². The summed E-state index contributed by atoms with van der Waals surface area (Å²) in [4.78, 5) is 12.1. The van der Waals surface area contributed by atoms with Gasteiger partial charge in [0.25, 0.3) is 5.91 Å². The maximum Gasteiger partial charge on any atom is 0.291 e.